The van der Waals surface area contributed by atoms with Crippen LogP contribution in [0.3, 0.4) is 0 Å². The minimum absolute atomic E-state index is 0.0977. The highest BCUT2D eigenvalue weighted by Crippen LogP contribution is 2.32. The summed E-state index contributed by atoms with van der Waals surface area (Å²) in [5.41, 5.74) is 5.36. The fraction of sp³-hybridized carbons (Fsp3) is 0.250. The van der Waals surface area contributed by atoms with Crippen LogP contribution < -0.4 is 20.3 Å². The Hall–Kier alpha value is -2.97. The molecule has 0 spiro atoms. The third-order valence-corrected chi connectivity index (χ3v) is 5.30. The van der Waals surface area contributed by atoms with Crippen molar-refractivity contribution in [2.75, 3.05) is 13.3 Å². The third-order valence-electron chi connectivity index (χ3n) is 4.86. The molecule has 2 heterocycles. The van der Waals surface area contributed by atoms with E-state index >= 15 is 0 Å². The number of likely N-dealkylation sites (tertiary alicyclic amines) is 1. The number of hydrogen-bond acceptors (Lipinski definition) is 5. The van der Waals surface area contributed by atoms with E-state index in [2.05, 4.69) is 10.9 Å². The summed E-state index contributed by atoms with van der Waals surface area (Å²) in [5.74, 6) is -0.333. The topological polar surface area (TPSA) is 97.0 Å². The molecule has 1 saturated heterocycles. The number of nitrogens with zero attached hydrogens (tertiary/aromatic N) is 1. The molecule has 2 N–H and O–H groups in total. The van der Waals surface area contributed by atoms with Crippen LogP contribution in [0.4, 0.5) is 0 Å². The Bertz CT molecular complexity index is 1010. The van der Waals surface area contributed by atoms with E-state index in [1.54, 1.807) is 12.1 Å². The molecule has 3 amide bonds. The molecule has 0 saturated carbocycles. The van der Waals surface area contributed by atoms with E-state index in [0.717, 1.165) is 0 Å². The van der Waals surface area contributed by atoms with Crippen LogP contribution in [0.1, 0.15) is 33.6 Å². The van der Waals surface area contributed by atoms with E-state index < -0.39 is 17.9 Å². The summed E-state index contributed by atoms with van der Waals surface area (Å²) in [5, 5.41) is 0.670. The van der Waals surface area contributed by atoms with Crippen LogP contribution in [0.2, 0.25) is 10.0 Å². The molecule has 0 radical (unpaired) electrons. The minimum Gasteiger partial charge on any atom is -0.454 e. The van der Waals surface area contributed by atoms with Crippen LogP contribution >= 0.6 is 23.2 Å². The van der Waals surface area contributed by atoms with Crippen LogP contribution in [-0.2, 0) is 4.79 Å². The highest BCUT2D eigenvalue weighted by Gasteiger charge is 2.35. The van der Waals surface area contributed by atoms with Gasteiger partial charge in [0.25, 0.3) is 17.7 Å². The van der Waals surface area contributed by atoms with Crippen molar-refractivity contribution in [2.24, 2.45) is 0 Å². The van der Waals surface area contributed by atoms with E-state index in [1.807, 2.05) is 0 Å². The maximum Gasteiger partial charge on any atom is 0.269 e. The summed E-state index contributed by atoms with van der Waals surface area (Å²) >= 11 is 12.0. The van der Waals surface area contributed by atoms with E-state index in [1.165, 1.54) is 29.2 Å². The van der Waals surface area contributed by atoms with Crippen molar-refractivity contribution in [3.63, 3.8) is 0 Å². The van der Waals surface area contributed by atoms with Gasteiger partial charge in [-0.25, -0.2) is 0 Å². The first-order chi connectivity index (χ1) is 14.4. The van der Waals surface area contributed by atoms with Crippen LogP contribution in [0.5, 0.6) is 11.5 Å². The van der Waals surface area contributed by atoms with E-state index in [0.29, 0.717) is 52.1 Å². The molecule has 2 aliphatic rings. The van der Waals surface area contributed by atoms with Gasteiger partial charge in [-0.2, -0.15) is 0 Å². The Kier molecular flexibility index (Phi) is 5.69. The van der Waals surface area contributed by atoms with Crippen LogP contribution in [0.25, 0.3) is 0 Å². The molecular formula is C20H17Cl2N3O5. The molecule has 0 bridgehead atoms. The van der Waals surface area contributed by atoms with Crippen molar-refractivity contribution in [2.45, 2.75) is 18.9 Å². The predicted octanol–water partition coefficient (Wildman–Crippen LogP) is 2.79. The van der Waals surface area contributed by atoms with Gasteiger partial charge in [-0.3, -0.25) is 25.2 Å². The first-order valence-electron chi connectivity index (χ1n) is 9.19. The lowest BCUT2D eigenvalue weighted by atomic mass is 10.1. The van der Waals surface area contributed by atoms with Crippen molar-refractivity contribution < 1.29 is 23.9 Å². The Balaban J connectivity index is 1.40. The molecule has 2 aliphatic heterocycles. The molecule has 2 aromatic carbocycles. The van der Waals surface area contributed by atoms with Gasteiger partial charge in [0.05, 0.1) is 0 Å². The fourth-order valence-corrected chi connectivity index (χ4v) is 3.96. The molecule has 4 rings (SSSR count). The zero-order chi connectivity index (χ0) is 21.3. The molecule has 156 valence electrons. The summed E-state index contributed by atoms with van der Waals surface area (Å²) in [6.45, 7) is 0.512. The summed E-state index contributed by atoms with van der Waals surface area (Å²) < 4.78 is 10.4. The lowest BCUT2D eigenvalue weighted by Crippen LogP contribution is -2.51. The first-order valence-corrected chi connectivity index (χ1v) is 9.95. The van der Waals surface area contributed by atoms with Crippen molar-refractivity contribution in [1.82, 2.24) is 15.8 Å². The summed E-state index contributed by atoms with van der Waals surface area (Å²) in [7, 11) is 0. The zero-order valence-electron chi connectivity index (χ0n) is 15.6. The van der Waals surface area contributed by atoms with Crippen molar-refractivity contribution in [3.8, 4) is 11.5 Å². The number of nitrogens with one attached hydrogen (secondary N) is 2. The van der Waals surface area contributed by atoms with Crippen molar-refractivity contribution >= 4 is 40.9 Å². The monoisotopic (exact) mass is 449 g/mol. The number of benzene rings is 2. The van der Waals surface area contributed by atoms with E-state index in [-0.39, 0.29) is 12.7 Å². The van der Waals surface area contributed by atoms with Gasteiger partial charge in [-0.15, -0.1) is 0 Å². The van der Waals surface area contributed by atoms with Crippen LogP contribution in [0.15, 0.2) is 36.4 Å². The van der Waals surface area contributed by atoms with Crippen LogP contribution in [0, 0.1) is 0 Å². The third kappa shape index (κ3) is 4.15. The molecular weight excluding hydrogens is 433 g/mol. The smallest absolute Gasteiger partial charge is 0.269 e. The molecule has 0 aromatic heterocycles. The van der Waals surface area contributed by atoms with Crippen molar-refractivity contribution in [1.29, 1.82) is 0 Å². The number of carbonyl (C=O) groups excluding carboxylic acids is 3. The normalized spacial score (nSPS) is 17.0. The van der Waals surface area contributed by atoms with Gasteiger partial charge in [-0.05, 0) is 49.2 Å². The second-order valence-electron chi connectivity index (χ2n) is 6.83. The van der Waals surface area contributed by atoms with Crippen molar-refractivity contribution in [3.05, 3.63) is 57.6 Å². The fourth-order valence-electron chi connectivity index (χ4n) is 3.44. The highest BCUT2D eigenvalue weighted by atomic mass is 35.5. The molecule has 0 aliphatic carbocycles. The van der Waals surface area contributed by atoms with Gasteiger partial charge < -0.3 is 14.4 Å². The summed E-state index contributed by atoms with van der Waals surface area (Å²) in [6, 6.07) is 8.52. The van der Waals surface area contributed by atoms with Gasteiger partial charge in [0.2, 0.25) is 6.79 Å². The number of amides is 3. The molecule has 1 fully saturated rings. The lowest BCUT2D eigenvalue weighted by molar-refractivity contribution is -0.125. The Labute approximate surface area is 182 Å². The lowest BCUT2D eigenvalue weighted by Gasteiger charge is -2.24. The first kappa shape index (κ1) is 20.3. The quantitative estimate of drug-likeness (QED) is 0.702. The second kappa shape index (κ2) is 8.41. The Morgan fingerprint density at radius 3 is 2.43 bits per heavy atom. The maximum atomic E-state index is 12.8. The highest BCUT2D eigenvalue weighted by molar-refractivity contribution is 6.35. The summed E-state index contributed by atoms with van der Waals surface area (Å²) in [4.78, 5) is 39.3. The van der Waals surface area contributed by atoms with E-state index in [4.69, 9.17) is 32.7 Å². The minimum atomic E-state index is -0.715. The van der Waals surface area contributed by atoms with Gasteiger partial charge in [-0.1, -0.05) is 23.2 Å². The Morgan fingerprint density at radius 2 is 1.67 bits per heavy atom. The molecule has 30 heavy (non-hydrogen) atoms. The number of hydrazine groups is 1. The van der Waals surface area contributed by atoms with Crippen LogP contribution in [-0.4, -0.2) is 42.0 Å². The molecule has 10 heteroatoms. The number of hydrogen-bond donors (Lipinski definition) is 2. The Morgan fingerprint density at radius 1 is 0.933 bits per heavy atom. The van der Waals surface area contributed by atoms with Gasteiger partial charge in [0, 0.05) is 27.7 Å². The molecule has 2 aromatic rings. The van der Waals surface area contributed by atoms with Gasteiger partial charge >= 0.3 is 0 Å². The average molecular weight is 450 g/mol. The average Bonchev–Trinajstić information content (AvgIpc) is 3.39. The number of ether oxygens (including phenoxy) is 2. The molecule has 1 atom stereocenters. The standard InChI is InChI=1S/C20H17Cl2N3O5/c21-13-6-12(7-14(22)9-13)20(28)25-5-1-2-15(25)19(27)24-23-18(26)11-3-4-16-17(8-11)30-10-29-16/h3-4,6-9,15H,1-2,5,10H2,(H,23,26)(H,24,27). The molecule has 8 nitrogen and oxygen atoms in total. The SMILES string of the molecule is O=C(NNC(=O)C1CCCN1C(=O)c1cc(Cl)cc(Cl)c1)c1ccc2c(c1)OCO2. The zero-order valence-corrected chi connectivity index (χ0v) is 17.1. The van der Waals surface area contributed by atoms with Gasteiger partial charge in [0.1, 0.15) is 6.04 Å². The predicted molar refractivity (Wildman–Crippen MR) is 109 cm³/mol. The second-order valence-corrected chi connectivity index (χ2v) is 7.70. The van der Waals surface area contributed by atoms with Gasteiger partial charge in [0.15, 0.2) is 11.5 Å². The number of carbonyl (C=O) groups is 3. The number of rotatable bonds is 3. The number of halogens is 2. The molecule has 1 unspecified atom stereocenters. The maximum absolute atomic E-state index is 12.8. The van der Waals surface area contributed by atoms with E-state index in [9.17, 15) is 14.4 Å². The summed E-state index contributed by atoms with van der Waals surface area (Å²) in [6.07, 6.45) is 1.14. The number of fused-ring (bicyclic) bond motifs is 1. The largest absolute Gasteiger partial charge is 0.454 e.